The molecule has 7 nitrogen and oxygen atoms in total. The lowest BCUT2D eigenvalue weighted by Crippen LogP contribution is -2.56. The van der Waals surface area contributed by atoms with Crippen molar-refractivity contribution in [1.82, 2.24) is 20.5 Å². The maximum Gasteiger partial charge on any atom is 0.219 e. The number of hydrogen-bond donors (Lipinski definition) is 2. The average Bonchev–Trinajstić information content (AvgIpc) is 2.76. The van der Waals surface area contributed by atoms with Crippen LogP contribution in [-0.4, -0.2) is 61.3 Å². The van der Waals surface area contributed by atoms with Crippen LogP contribution in [0.2, 0.25) is 0 Å². The fourth-order valence-electron chi connectivity index (χ4n) is 3.23. The Balaban J connectivity index is 0.00000341. The van der Waals surface area contributed by atoms with E-state index >= 15 is 0 Å². The predicted molar refractivity (Wildman–Crippen MR) is 131 cm³/mol. The Hall–Kier alpha value is -1.98. The van der Waals surface area contributed by atoms with Crippen molar-refractivity contribution < 1.29 is 13.9 Å². The smallest absolute Gasteiger partial charge is 0.219 e. The summed E-state index contributed by atoms with van der Waals surface area (Å²) in [5.41, 5.74) is 0.992. The molecule has 1 saturated heterocycles. The van der Waals surface area contributed by atoms with Crippen molar-refractivity contribution in [3.8, 4) is 11.6 Å². The summed E-state index contributed by atoms with van der Waals surface area (Å²) in [6.07, 6.45) is 1.69. The largest absolute Gasteiger partial charge is 0.439 e. The summed E-state index contributed by atoms with van der Waals surface area (Å²) in [6.45, 7) is 9.22. The number of halogens is 2. The standard InChI is InChI=1S/C22H30FN5O2.HI/c1-22(2,28-10-12-29-13-11-28)16-27-21(24-3)26-15-17-8-9-25-20(14-17)30-19-6-4-18(23)5-7-19;/h4-9,14H,10-13,15-16H2,1-3H3,(H2,24,26,27);1H. The van der Waals surface area contributed by atoms with Crippen molar-refractivity contribution >= 4 is 29.9 Å². The third-order valence-electron chi connectivity index (χ3n) is 5.07. The highest BCUT2D eigenvalue weighted by atomic mass is 127. The molecule has 0 unspecified atom stereocenters. The maximum atomic E-state index is 13.0. The molecule has 1 fully saturated rings. The minimum atomic E-state index is -0.302. The van der Waals surface area contributed by atoms with Gasteiger partial charge in [0.15, 0.2) is 5.96 Å². The fourth-order valence-corrected chi connectivity index (χ4v) is 3.23. The lowest BCUT2D eigenvalue weighted by molar-refractivity contribution is -0.00834. The highest BCUT2D eigenvalue weighted by Gasteiger charge is 2.28. The molecule has 1 aromatic heterocycles. The summed E-state index contributed by atoms with van der Waals surface area (Å²) >= 11 is 0. The minimum Gasteiger partial charge on any atom is -0.439 e. The van der Waals surface area contributed by atoms with Gasteiger partial charge in [0.05, 0.1) is 13.2 Å². The van der Waals surface area contributed by atoms with E-state index in [2.05, 4.69) is 39.4 Å². The molecule has 2 aromatic rings. The Morgan fingerprint density at radius 2 is 1.90 bits per heavy atom. The summed E-state index contributed by atoms with van der Waals surface area (Å²) in [4.78, 5) is 11.0. The van der Waals surface area contributed by atoms with Crippen molar-refractivity contribution in [2.75, 3.05) is 39.9 Å². The minimum absolute atomic E-state index is 0. The molecule has 0 amide bonds. The molecule has 1 aliphatic rings. The van der Waals surface area contributed by atoms with Gasteiger partial charge < -0.3 is 20.1 Å². The van der Waals surface area contributed by atoms with E-state index in [4.69, 9.17) is 9.47 Å². The molecule has 31 heavy (non-hydrogen) atoms. The number of benzene rings is 1. The molecule has 1 aliphatic heterocycles. The lowest BCUT2D eigenvalue weighted by atomic mass is 10.0. The van der Waals surface area contributed by atoms with Crippen molar-refractivity contribution in [2.45, 2.75) is 25.9 Å². The first kappa shape index (κ1) is 25.3. The van der Waals surface area contributed by atoms with Crippen LogP contribution in [0, 0.1) is 5.82 Å². The van der Waals surface area contributed by atoms with Gasteiger partial charge in [0.1, 0.15) is 11.6 Å². The third-order valence-corrected chi connectivity index (χ3v) is 5.07. The molecule has 0 aliphatic carbocycles. The van der Waals surface area contributed by atoms with Gasteiger partial charge in [-0.15, -0.1) is 24.0 Å². The van der Waals surface area contributed by atoms with E-state index < -0.39 is 0 Å². The molecule has 0 spiro atoms. The van der Waals surface area contributed by atoms with Crippen LogP contribution in [0.15, 0.2) is 47.6 Å². The van der Waals surface area contributed by atoms with Crippen LogP contribution in [-0.2, 0) is 11.3 Å². The van der Waals surface area contributed by atoms with Crippen LogP contribution in [0.5, 0.6) is 11.6 Å². The van der Waals surface area contributed by atoms with Crippen molar-refractivity contribution in [3.63, 3.8) is 0 Å². The Morgan fingerprint density at radius 1 is 1.19 bits per heavy atom. The van der Waals surface area contributed by atoms with Crippen LogP contribution >= 0.6 is 24.0 Å². The number of nitrogens with zero attached hydrogens (tertiary/aromatic N) is 3. The number of ether oxygens (including phenoxy) is 2. The van der Waals surface area contributed by atoms with Gasteiger partial charge in [0, 0.05) is 51.0 Å². The van der Waals surface area contributed by atoms with Gasteiger partial charge in [-0.05, 0) is 49.7 Å². The fraction of sp³-hybridized carbons (Fsp3) is 0.455. The van der Waals surface area contributed by atoms with Crippen molar-refractivity contribution in [3.05, 3.63) is 54.0 Å². The molecule has 170 valence electrons. The van der Waals surface area contributed by atoms with Crippen LogP contribution in [0.1, 0.15) is 19.4 Å². The second-order valence-electron chi connectivity index (χ2n) is 7.75. The molecular weight excluding hydrogens is 512 g/mol. The summed E-state index contributed by atoms with van der Waals surface area (Å²) in [6, 6.07) is 9.62. The Bertz CT molecular complexity index is 842. The van der Waals surface area contributed by atoms with Crippen LogP contribution in [0.4, 0.5) is 4.39 Å². The molecule has 9 heteroatoms. The van der Waals surface area contributed by atoms with E-state index in [1.54, 1.807) is 25.4 Å². The summed E-state index contributed by atoms with van der Waals surface area (Å²) in [7, 11) is 1.76. The summed E-state index contributed by atoms with van der Waals surface area (Å²) in [5, 5.41) is 6.73. The zero-order chi connectivity index (χ0) is 21.4. The third kappa shape index (κ3) is 7.89. The molecule has 0 atom stereocenters. The number of guanidine groups is 1. The number of aliphatic imine (C=N–C) groups is 1. The van der Waals surface area contributed by atoms with Gasteiger partial charge >= 0.3 is 0 Å². The molecule has 2 N–H and O–H groups in total. The zero-order valence-corrected chi connectivity index (χ0v) is 20.6. The SMILES string of the molecule is CN=C(NCc1ccnc(Oc2ccc(F)cc2)c1)NCC(C)(C)N1CCOCC1.I. The first-order valence-electron chi connectivity index (χ1n) is 10.1. The van der Waals surface area contributed by atoms with Crippen LogP contribution in [0.25, 0.3) is 0 Å². The second kappa shape index (κ2) is 12.2. The number of nitrogens with one attached hydrogen (secondary N) is 2. The first-order chi connectivity index (χ1) is 14.5. The highest BCUT2D eigenvalue weighted by molar-refractivity contribution is 14.0. The number of pyridine rings is 1. The van der Waals surface area contributed by atoms with Gasteiger partial charge in [-0.25, -0.2) is 9.37 Å². The number of rotatable bonds is 7. The maximum absolute atomic E-state index is 13.0. The Labute approximate surface area is 200 Å². The summed E-state index contributed by atoms with van der Waals surface area (Å²) < 4.78 is 24.2. The lowest BCUT2D eigenvalue weighted by Gasteiger charge is -2.41. The molecule has 0 saturated carbocycles. The van der Waals surface area contributed by atoms with Gasteiger partial charge in [0.2, 0.25) is 5.88 Å². The number of morpholine rings is 1. The molecule has 0 radical (unpaired) electrons. The van der Waals surface area contributed by atoms with E-state index in [-0.39, 0.29) is 35.3 Å². The molecule has 0 bridgehead atoms. The van der Waals surface area contributed by atoms with Gasteiger partial charge in [-0.3, -0.25) is 9.89 Å². The van der Waals surface area contributed by atoms with Crippen LogP contribution in [0.3, 0.4) is 0 Å². The molecule has 3 rings (SSSR count). The normalized spacial score (nSPS) is 15.2. The highest BCUT2D eigenvalue weighted by Crippen LogP contribution is 2.20. The van der Waals surface area contributed by atoms with E-state index in [1.807, 2.05) is 12.1 Å². The molecular formula is C22H31FIN5O2. The molecule has 2 heterocycles. The Kier molecular flexibility index (Phi) is 9.92. The Morgan fingerprint density at radius 3 is 2.58 bits per heavy atom. The van der Waals surface area contributed by atoms with Crippen molar-refractivity contribution in [1.29, 1.82) is 0 Å². The molecule has 1 aromatic carbocycles. The number of aromatic nitrogens is 1. The second-order valence-corrected chi connectivity index (χ2v) is 7.75. The van der Waals surface area contributed by atoms with E-state index in [9.17, 15) is 4.39 Å². The van der Waals surface area contributed by atoms with E-state index in [0.717, 1.165) is 44.4 Å². The first-order valence-corrected chi connectivity index (χ1v) is 10.1. The van der Waals surface area contributed by atoms with Crippen molar-refractivity contribution in [2.24, 2.45) is 4.99 Å². The topological polar surface area (TPSA) is 71.0 Å². The zero-order valence-electron chi connectivity index (χ0n) is 18.2. The van der Waals surface area contributed by atoms with Gasteiger partial charge in [-0.1, -0.05) is 0 Å². The van der Waals surface area contributed by atoms with Gasteiger partial charge in [-0.2, -0.15) is 0 Å². The van der Waals surface area contributed by atoms with E-state index in [0.29, 0.717) is 18.2 Å². The quantitative estimate of drug-likeness (QED) is 0.317. The van der Waals surface area contributed by atoms with Gasteiger partial charge in [0.25, 0.3) is 0 Å². The predicted octanol–water partition coefficient (Wildman–Crippen LogP) is 3.41. The van der Waals surface area contributed by atoms with E-state index in [1.165, 1.54) is 12.1 Å². The average molecular weight is 543 g/mol. The summed E-state index contributed by atoms with van der Waals surface area (Å²) in [5.74, 6) is 1.42. The number of hydrogen-bond acceptors (Lipinski definition) is 5. The van der Waals surface area contributed by atoms with Crippen LogP contribution < -0.4 is 15.4 Å². The monoisotopic (exact) mass is 543 g/mol.